The van der Waals surface area contributed by atoms with Crippen LogP contribution < -0.4 is 0 Å². The quantitative estimate of drug-likeness (QED) is 0.740. The number of aliphatic hydroxyl groups excluding tert-OH is 1. The van der Waals surface area contributed by atoms with Crippen LogP contribution >= 0.6 is 0 Å². The van der Waals surface area contributed by atoms with Crippen molar-refractivity contribution in [3.05, 3.63) is 0 Å². The number of hydrogen-bond acceptors (Lipinski definition) is 3. The Kier molecular flexibility index (Phi) is 5.85. The van der Waals surface area contributed by atoms with Gasteiger partial charge >= 0.3 is 0 Å². The van der Waals surface area contributed by atoms with Crippen LogP contribution in [0.5, 0.6) is 0 Å². The Bertz CT molecular complexity index is 315. The molecular weight excluding hydrogens is 240 g/mol. The van der Waals surface area contributed by atoms with Crippen molar-refractivity contribution in [1.29, 1.82) is 0 Å². The van der Waals surface area contributed by atoms with E-state index in [0.29, 0.717) is 26.1 Å². The van der Waals surface area contributed by atoms with E-state index >= 15 is 0 Å². The second-order valence-corrected chi connectivity index (χ2v) is 6.25. The average Bonchev–Trinajstić information content (AvgIpc) is 2.76. The molecule has 0 aromatic heterocycles. The van der Waals surface area contributed by atoms with Gasteiger partial charge in [-0.3, -0.25) is 0 Å². The van der Waals surface area contributed by atoms with Gasteiger partial charge in [0, 0.05) is 32.3 Å². The molecule has 0 aromatic rings. The maximum Gasteiger partial charge on any atom is 0.282 e. The predicted octanol–water partition coefficient (Wildman–Crippen LogP) is 0.810. The van der Waals surface area contributed by atoms with Crippen molar-refractivity contribution in [2.24, 2.45) is 0 Å². The van der Waals surface area contributed by atoms with Crippen LogP contribution in [0.2, 0.25) is 0 Å². The number of nitrogens with zero attached hydrogens (tertiary/aromatic N) is 2. The molecule has 0 saturated carbocycles. The molecule has 1 fully saturated rings. The maximum absolute atomic E-state index is 12.4. The molecule has 1 N–H and O–H groups in total. The zero-order valence-electron chi connectivity index (χ0n) is 10.8. The van der Waals surface area contributed by atoms with Crippen LogP contribution in [0.1, 0.15) is 39.5 Å². The lowest BCUT2D eigenvalue weighted by molar-refractivity contribution is 0.258. The molecule has 0 aromatic carbocycles. The Morgan fingerprint density at radius 1 is 1.35 bits per heavy atom. The first-order valence-electron chi connectivity index (χ1n) is 6.45. The monoisotopic (exact) mass is 264 g/mol. The summed E-state index contributed by atoms with van der Waals surface area (Å²) in [6.07, 6.45) is 3.28. The van der Waals surface area contributed by atoms with Gasteiger partial charge in [0.15, 0.2) is 0 Å². The van der Waals surface area contributed by atoms with E-state index in [1.807, 2.05) is 13.8 Å². The third kappa shape index (κ3) is 3.40. The van der Waals surface area contributed by atoms with Gasteiger partial charge in [-0.15, -0.1) is 0 Å². The lowest BCUT2D eigenvalue weighted by Crippen LogP contribution is -2.45. The standard InChI is InChI=1S/C11H24N2O3S/c1-3-12(4-2)17(15,16)13-9-5-7-11(13)8-6-10-14/h11,14H,3-10H2,1-2H3. The fraction of sp³-hybridized carbons (Fsp3) is 1.00. The number of hydrogen-bond donors (Lipinski definition) is 1. The largest absolute Gasteiger partial charge is 0.396 e. The Balaban J connectivity index is 2.75. The van der Waals surface area contributed by atoms with E-state index in [4.69, 9.17) is 5.11 Å². The molecule has 1 unspecified atom stereocenters. The topological polar surface area (TPSA) is 60.9 Å². The lowest BCUT2D eigenvalue weighted by atomic mass is 10.1. The molecule has 1 aliphatic rings. The smallest absolute Gasteiger partial charge is 0.282 e. The normalized spacial score (nSPS) is 22.5. The summed E-state index contributed by atoms with van der Waals surface area (Å²) in [5, 5.41) is 8.84. The minimum atomic E-state index is -3.30. The Morgan fingerprint density at radius 2 is 2.00 bits per heavy atom. The zero-order valence-corrected chi connectivity index (χ0v) is 11.6. The molecule has 0 spiro atoms. The summed E-state index contributed by atoms with van der Waals surface area (Å²) in [4.78, 5) is 0. The van der Waals surface area contributed by atoms with Crippen LogP contribution in [0.4, 0.5) is 0 Å². The fourth-order valence-corrected chi connectivity index (χ4v) is 4.32. The van der Waals surface area contributed by atoms with Gasteiger partial charge in [0.2, 0.25) is 0 Å². The van der Waals surface area contributed by atoms with E-state index in [1.54, 1.807) is 4.31 Å². The molecule has 0 amide bonds. The third-order valence-electron chi connectivity index (χ3n) is 3.35. The van der Waals surface area contributed by atoms with Crippen LogP contribution in [-0.2, 0) is 10.2 Å². The molecule has 102 valence electrons. The van der Waals surface area contributed by atoms with Crippen molar-refractivity contribution in [3.63, 3.8) is 0 Å². The lowest BCUT2D eigenvalue weighted by Gasteiger charge is -2.29. The molecule has 0 radical (unpaired) electrons. The molecule has 6 heteroatoms. The molecule has 17 heavy (non-hydrogen) atoms. The van der Waals surface area contributed by atoms with Gasteiger partial charge in [0.05, 0.1) is 0 Å². The second-order valence-electron chi connectivity index (χ2n) is 4.36. The molecule has 1 aliphatic heterocycles. The van der Waals surface area contributed by atoms with Crippen LogP contribution in [0.15, 0.2) is 0 Å². The third-order valence-corrected chi connectivity index (χ3v) is 5.59. The van der Waals surface area contributed by atoms with E-state index in [9.17, 15) is 8.42 Å². The predicted molar refractivity (Wildman–Crippen MR) is 67.9 cm³/mol. The Hall–Kier alpha value is -0.170. The van der Waals surface area contributed by atoms with Gasteiger partial charge in [-0.05, 0) is 25.7 Å². The highest BCUT2D eigenvalue weighted by atomic mass is 32.2. The second kappa shape index (κ2) is 6.68. The molecule has 1 rings (SSSR count). The Morgan fingerprint density at radius 3 is 2.53 bits per heavy atom. The molecule has 1 saturated heterocycles. The first-order valence-corrected chi connectivity index (χ1v) is 7.85. The van der Waals surface area contributed by atoms with Crippen LogP contribution in [-0.4, -0.2) is 54.4 Å². The highest BCUT2D eigenvalue weighted by Gasteiger charge is 2.36. The summed E-state index contributed by atoms with van der Waals surface area (Å²) >= 11 is 0. The highest BCUT2D eigenvalue weighted by Crippen LogP contribution is 2.26. The van der Waals surface area contributed by atoms with E-state index in [-0.39, 0.29) is 12.6 Å². The fourth-order valence-electron chi connectivity index (χ4n) is 2.43. The van der Waals surface area contributed by atoms with E-state index in [1.165, 1.54) is 4.31 Å². The van der Waals surface area contributed by atoms with Crippen molar-refractivity contribution in [2.45, 2.75) is 45.6 Å². The van der Waals surface area contributed by atoms with E-state index < -0.39 is 10.2 Å². The van der Waals surface area contributed by atoms with Gasteiger partial charge in [-0.1, -0.05) is 13.8 Å². The minimum absolute atomic E-state index is 0.0766. The summed E-state index contributed by atoms with van der Waals surface area (Å²) in [5.74, 6) is 0. The number of aliphatic hydroxyl groups is 1. The van der Waals surface area contributed by atoms with Crippen molar-refractivity contribution in [2.75, 3.05) is 26.2 Å². The summed E-state index contributed by atoms with van der Waals surface area (Å²) in [6, 6.07) is 0.0766. The van der Waals surface area contributed by atoms with Crippen LogP contribution in [0, 0.1) is 0 Å². The van der Waals surface area contributed by atoms with Gasteiger partial charge in [0.1, 0.15) is 0 Å². The highest BCUT2D eigenvalue weighted by molar-refractivity contribution is 7.86. The first-order chi connectivity index (χ1) is 8.07. The summed E-state index contributed by atoms with van der Waals surface area (Å²) in [6.45, 7) is 5.51. The van der Waals surface area contributed by atoms with Crippen molar-refractivity contribution >= 4 is 10.2 Å². The number of rotatable bonds is 7. The van der Waals surface area contributed by atoms with Crippen molar-refractivity contribution in [3.8, 4) is 0 Å². The first kappa shape index (κ1) is 14.9. The van der Waals surface area contributed by atoms with Gasteiger partial charge in [-0.2, -0.15) is 17.0 Å². The molecule has 0 aliphatic carbocycles. The summed E-state index contributed by atoms with van der Waals surface area (Å²) in [5.41, 5.74) is 0. The van der Waals surface area contributed by atoms with Crippen molar-refractivity contribution in [1.82, 2.24) is 8.61 Å². The average molecular weight is 264 g/mol. The Labute approximate surface area is 105 Å². The van der Waals surface area contributed by atoms with Gasteiger partial charge in [0.25, 0.3) is 10.2 Å². The zero-order chi connectivity index (χ0) is 12.9. The molecule has 0 bridgehead atoms. The molecule has 5 nitrogen and oxygen atoms in total. The van der Waals surface area contributed by atoms with Gasteiger partial charge < -0.3 is 5.11 Å². The summed E-state index contributed by atoms with van der Waals surface area (Å²) in [7, 11) is -3.30. The molecule has 1 heterocycles. The SMILES string of the molecule is CCN(CC)S(=O)(=O)N1CCCC1CCCO. The molecular formula is C11H24N2O3S. The van der Waals surface area contributed by atoms with E-state index in [2.05, 4.69) is 0 Å². The summed E-state index contributed by atoms with van der Waals surface area (Å²) < 4.78 is 27.8. The van der Waals surface area contributed by atoms with Crippen molar-refractivity contribution < 1.29 is 13.5 Å². The van der Waals surface area contributed by atoms with E-state index in [0.717, 1.165) is 19.3 Å². The maximum atomic E-state index is 12.4. The molecule has 1 atom stereocenters. The van der Waals surface area contributed by atoms with Crippen LogP contribution in [0.25, 0.3) is 0 Å². The minimum Gasteiger partial charge on any atom is -0.396 e. The van der Waals surface area contributed by atoms with Crippen LogP contribution in [0.3, 0.4) is 0 Å². The van der Waals surface area contributed by atoms with Gasteiger partial charge in [-0.25, -0.2) is 0 Å².